The van der Waals surface area contributed by atoms with Crippen LogP contribution in [0.2, 0.25) is 0 Å². The second kappa shape index (κ2) is 5.73. The summed E-state index contributed by atoms with van der Waals surface area (Å²) < 4.78 is 0. The molecule has 0 atom stereocenters. The fourth-order valence-corrected chi connectivity index (χ4v) is 3.00. The zero-order chi connectivity index (χ0) is 17.5. The average molecular weight is 317 g/mol. The van der Waals surface area contributed by atoms with Crippen molar-refractivity contribution < 1.29 is 0 Å². The maximum atomic E-state index is 4.47. The Morgan fingerprint density at radius 1 is 0.708 bits per heavy atom. The van der Waals surface area contributed by atoms with E-state index in [9.17, 15) is 0 Å². The molecule has 0 amide bonds. The van der Waals surface area contributed by atoms with E-state index >= 15 is 0 Å². The first-order valence-electron chi connectivity index (χ1n) is 8.65. The summed E-state index contributed by atoms with van der Waals surface area (Å²) in [6.07, 6.45) is 3.94. The molecule has 0 N–H and O–H groups in total. The number of aromatic nitrogens is 1. The molecule has 1 heteroatoms. The Balaban J connectivity index is 2.30. The van der Waals surface area contributed by atoms with Gasteiger partial charge < -0.3 is 0 Å². The Labute approximate surface area is 145 Å². The number of hydrogen-bond donors (Lipinski definition) is 0. The third kappa shape index (κ3) is 3.21. The monoisotopic (exact) mass is 317 g/mol. The minimum atomic E-state index is 0.119. The lowest BCUT2D eigenvalue weighted by atomic mass is 9.79. The Kier molecular flexibility index (Phi) is 3.99. The average Bonchev–Trinajstić information content (AvgIpc) is 2.52. The van der Waals surface area contributed by atoms with Gasteiger partial charge in [0, 0.05) is 23.3 Å². The maximum absolute atomic E-state index is 4.47. The van der Waals surface area contributed by atoms with E-state index in [1.54, 1.807) is 0 Å². The first-order chi connectivity index (χ1) is 11.2. The van der Waals surface area contributed by atoms with Crippen molar-refractivity contribution in [3.8, 4) is 11.1 Å². The van der Waals surface area contributed by atoms with Gasteiger partial charge >= 0.3 is 0 Å². The van der Waals surface area contributed by atoms with Gasteiger partial charge in [0.2, 0.25) is 0 Å². The van der Waals surface area contributed by atoms with Crippen molar-refractivity contribution >= 4 is 10.8 Å². The first-order valence-corrected chi connectivity index (χ1v) is 8.65. The number of hydrogen-bond acceptors (Lipinski definition) is 1. The van der Waals surface area contributed by atoms with Crippen LogP contribution in [0.3, 0.4) is 0 Å². The van der Waals surface area contributed by atoms with Crippen LogP contribution in [0.15, 0.2) is 54.9 Å². The molecule has 1 heterocycles. The highest BCUT2D eigenvalue weighted by atomic mass is 14.6. The van der Waals surface area contributed by atoms with Gasteiger partial charge in [0.05, 0.1) is 0 Å². The quantitative estimate of drug-likeness (QED) is 0.499. The molecule has 124 valence electrons. The summed E-state index contributed by atoms with van der Waals surface area (Å²) in [4.78, 5) is 4.47. The normalized spacial score (nSPS) is 12.6. The van der Waals surface area contributed by atoms with E-state index < -0.39 is 0 Å². The van der Waals surface area contributed by atoms with Crippen LogP contribution in [0.25, 0.3) is 21.9 Å². The van der Waals surface area contributed by atoms with Gasteiger partial charge in [0.15, 0.2) is 0 Å². The summed E-state index contributed by atoms with van der Waals surface area (Å²) in [5.41, 5.74) is 5.46. The van der Waals surface area contributed by atoms with Crippen LogP contribution in [0.4, 0.5) is 0 Å². The van der Waals surface area contributed by atoms with Gasteiger partial charge in [-0.2, -0.15) is 0 Å². The molecular weight excluding hydrogens is 290 g/mol. The molecule has 2 aromatic carbocycles. The van der Waals surface area contributed by atoms with E-state index in [4.69, 9.17) is 0 Å². The van der Waals surface area contributed by atoms with Crippen LogP contribution >= 0.6 is 0 Å². The van der Waals surface area contributed by atoms with Gasteiger partial charge in [0.25, 0.3) is 0 Å². The van der Waals surface area contributed by atoms with Crippen molar-refractivity contribution in [2.75, 3.05) is 0 Å². The Morgan fingerprint density at radius 2 is 1.29 bits per heavy atom. The maximum Gasteiger partial charge on any atom is 0.0352 e. The van der Waals surface area contributed by atoms with Gasteiger partial charge in [-0.25, -0.2) is 0 Å². The molecule has 0 aliphatic carbocycles. The molecule has 0 fully saturated rings. The number of pyridine rings is 1. The first kappa shape index (κ1) is 16.7. The van der Waals surface area contributed by atoms with Crippen LogP contribution in [-0.4, -0.2) is 4.98 Å². The molecule has 0 aliphatic rings. The largest absolute Gasteiger partial charge is 0.263 e. The molecule has 0 bridgehead atoms. The molecule has 0 radical (unpaired) electrons. The van der Waals surface area contributed by atoms with Crippen molar-refractivity contribution in [3.05, 3.63) is 66.0 Å². The smallest absolute Gasteiger partial charge is 0.0352 e. The van der Waals surface area contributed by atoms with Gasteiger partial charge in [-0.05, 0) is 32.9 Å². The summed E-state index contributed by atoms with van der Waals surface area (Å²) in [5, 5.41) is 2.45. The van der Waals surface area contributed by atoms with E-state index in [2.05, 4.69) is 89.0 Å². The minimum absolute atomic E-state index is 0.119. The van der Waals surface area contributed by atoms with Crippen LogP contribution in [0.5, 0.6) is 0 Å². The minimum Gasteiger partial charge on any atom is -0.263 e. The van der Waals surface area contributed by atoms with E-state index in [1.165, 1.54) is 33.0 Å². The predicted molar refractivity (Wildman–Crippen MR) is 105 cm³/mol. The summed E-state index contributed by atoms with van der Waals surface area (Å²) in [6.45, 7) is 13.7. The van der Waals surface area contributed by atoms with Crippen LogP contribution < -0.4 is 0 Å². The Bertz CT molecular complexity index is 839. The van der Waals surface area contributed by atoms with Crippen molar-refractivity contribution in [2.24, 2.45) is 0 Å². The third-order valence-corrected chi connectivity index (χ3v) is 4.64. The molecule has 0 spiro atoms. The number of nitrogens with zero attached hydrogens (tertiary/aromatic N) is 1. The van der Waals surface area contributed by atoms with Gasteiger partial charge in [0.1, 0.15) is 0 Å². The molecular formula is C23H27N. The molecule has 24 heavy (non-hydrogen) atoms. The SMILES string of the molecule is CC(C)(C)c1cc(-c2cncc3ccccc23)cc(C(C)(C)C)c1. The second-order valence-corrected chi connectivity index (χ2v) is 8.71. The van der Waals surface area contributed by atoms with E-state index in [-0.39, 0.29) is 10.8 Å². The zero-order valence-electron chi connectivity index (χ0n) is 15.6. The Morgan fingerprint density at radius 3 is 1.88 bits per heavy atom. The van der Waals surface area contributed by atoms with Gasteiger partial charge in [-0.3, -0.25) is 4.98 Å². The topological polar surface area (TPSA) is 12.9 Å². The molecule has 1 aromatic heterocycles. The number of fused-ring (bicyclic) bond motifs is 1. The van der Waals surface area contributed by atoms with Crippen LogP contribution in [0.1, 0.15) is 52.7 Å². The van der Waals surface area contributed by atoms with Crippen LogP contribution in [0, 0.1) is 0 Å². The molecule has 0 saturated carbocycles. The Hall–Kier alpha value is -2.15. The highest BCUT2D eigenvalue weighted by Gasteiger charge is 2.21. The highest BCUT2D eigenvalue weighted by molar-refractivity contribution is 5.95. The summed E-state index contributed by atoms with van der Waals surface area (Å²) in [5.74, 6) is 0. The van der Waals surface area contributed by atoms with Crippen molar-refractivity contribution in [1.82, 2.24) is 4.98 Å². The predicted octanol–water partition coefficient (Wildman–Crippen LogP) is 6.50. The summed E-state index contributed by atoms with van der Waals surface area (Å²) in [6, 6.07) is 15.5. The fraction of sp³-hybridized carbons (Fsp3) is 0.348. The lowest BCUT2D eigenvalue weighted by molar-refractivity contribution is 0.569. The molecule has 0 aliphatic heterocycles. The fourth-order valence-electron chi connectivity index (χ4n) is 3.00. The van der Waals surface area contributed by atoms with Gasteiger partial charge in [-0.15, -0.1) is 0 Å². The van der Waals surface area contributed by atoms with Crippen molar-refractivity contribution in [2.45, 2.75) is 52.4 Å². The molecule has 0 unspecified atom stereocenters. The molecule has 3 rings (SSSR count). The van der Waals surface area contributed by atoms with Crippen molar-refractivity contribution in [3.63, 3.8) is 0 Å². The number of benzene rings is 2. The standard InChI is InChI=1S/C23H27N/c1-22(2,3)18-11-17(12-19(13-18)23(4,5)6)21-15-24-14-16-9-7-8-10-20(16)21/h7-15H,1-6H3. The van der Waals surface area contributed by atoms with Gasteiger partial charge in [-0.1, -0.05) is 84.0 Å². The highest BCUT2D eigenvalue weighted by Crippen LogP contribution is 2.35. The third-order valence-electron chi connectivity index (χ3n) is 4.64. The zero-order valence-corrected chi connectivity index (χ0v) is 15.6. The lowest BCUT2D eigenvalue weighted by Crippen LogP contribution is -2.16. The van der Waals surface area contributed by atoms with Crippen molar-refractivity contribution in [1.29, 1.82) is 0 Å². The molecule has 0 saturated heterocycles. The molecule has 3 aromatic rings. The van der Waals surface area contributed by atoms with E-state index in [0.29, 0.717) is 0 Å². The molecule has 1 nitrogen and oxygen atoms in total. The van der Waals surface area contributed by atoms with Crippen LogP contribution in [-0.2, 0) is 10.8 Å². The summed E-state index contributed by atoms with van der Waals surface area (Å²) >= 11 is 0. The lowest BCUT2D eigenvalue weighted by Gasteiger charge is -2.26. The van der Waals surface area contributed by atoms with E-state index in [1.807, 2.05) is 12.4 Å². The second-order valence-electron chi connectivity index (χ2n) is 8.71. The summed E-state index contributed by atoms with van der Waals surface area (Å²) in [7, 11) is 0. The van der Waals surface area contributed by atoms with E-state index in [0.717, 1.165) is 0 Å². The number of rotatable bonds is 1.